The first kappa shape index (κ1) is 13.0. The SMILES string of the molecule is O=CCCc1ccc(Br)cc1OC(F)(F)F. The van der Waals surface area contributed by atoms with Crippen LogP contribution in [-0.2, 0) is 11.2 Å². The lowest BCUT2D eigenvalue weighted by Crippen LogP contribution is -2.18. The molecule has 1 aromatic carbocycles. The van der Waals surface area contributed by atoms with Crippen molar-refractivity contribution in [2.24, 2.45) is 0 Å². The molecule has 1 aromatic rings. The Morgan fingerprint density at radius 3 is 2.62 bits per heavy atom. The number of carbonyl (C=O) groups is 1. The molecular weight excluding hydrogens is 289 g/mol. The van der Waals surface area contributed by atoms with Crippen LogP contribution in [0, 0.1) is 0 Å². The van der Waals surface area contributed by atoms with Crippen LogP contribution in [0.4, 0.5) is 13.2 Å². The lowest BCUT2D eigenvalue weighted by Gasteiger charge is -2.12. The molecule has 0 aliphatic carbocycles. The van der Waals surface area contributed by atoms with E-state index in [2.05, 4.69) is 20.7 Å². The van der Waals surface area contributed by atoms with Gasteiger partial charge in [-0.1, -0.05) is 22.0 Å². The normalized spacial score (nSPS) is 11.2. The fraction of sp³-hybridized carbons (Fsp3) is 0.300. The summed E-state index contributed by atoms with van der Waals surface area (Å²) < 4.78 is 40.6. The Bertz CT molecular complexity index is 377. The summed E-state index contributed by atoms with van der Waals surface area (Å²) in [7, 11) is 0. The molecule has 0 saturated heterocycles. The number of halogens is 4. The molecule has 0 unspecified atom stereocenters. The predicted molar refractivity (Wildman–Crippen MR) is 55.2 cm³/mol. The van der Waals surface area contributed by atoms with Gasteiger partial charge in [0.2, 0.25) is 0 Å². The smallest absolute Gasteiger partial charge is 0.405 e. The fourth-order valence-corrected chi connectivity index (χ4v) is 1.51. The first-order chi connectivity index (χ1) is 7.42. The van der Waals surface area contributed by atoms with Gasteiger partial charge in [0.15, 0.2) is 0 Å². The minimum absolute atomic E-state index is 0.163. The van der Waals surface area contributed by atoms with E-state index in [-0.39, 0.29) is 18.6 Å². The van der Waals surface area contributed by atoms with Gasteiger partial charge in [0.05, 0.1) is 0 Å². The summed E-state index contributed by atoms with van der Waals surface area (Å²) in [4.78, 5) is 10.2. The van der Waals surface area contributed by atoms with Gasteiger partial charge in [-0.3, -0.25) is 0 Å². The second-order valence-corrected chi connectivity index (χ2v) is 3.92. The van der Waals surface area contributed by atoms with Crippen LogP contribution in [0.25, 0.3) is 0 Å². The number of ether oxygens (including phenoxy) is 1. The molecule has 0 atom stereocenters. The van der Waals surface area contributed by atoms with Gasteiger partial charge in [-0.2, -0.15) is 0 Å². The van der Waals surface area contributed by atoms with Gasteiger partial charge in [0.25, 0.3) is 0 Å². The third-order valence-corrected chi connectivity index (χ3v) is 2.28. The van der Waals surface area contributed by atoms with E-state index in [1.54, 1.807) is 6.07 Å². The van der Waals surface area contributed by atoms with Crippen molar-refractivity contribution in [3.05, 3.63) is 28.2 Å². The van der Waals surface area contributed by atoms with Crippen molar-refractivity contribution >= 4 is 22.2 Å². The Balaban J connectivity index is 2.93. The number of aryl methyl sites for hydroxylation is 1. The minimum atomic E-state index is -4.73. The molecule has 0 N–H and O–H groups in total. The lowest BCUT2D eigenvalue weighted by molar-refractivity contribution is -0.274. The molecule has 0 fully saturated rings. The zero-order valence-corrected chi connectivity index (χ0v) is 9.64. The Hall–Kier alpha value is -1.04. The molecule has 0 aromatic heterocycles. The van der Waals surface area contributed by atoms with E-state index >= 15 is 0 Å². The standard InChI is InChI=1S/C10H8BrF3O2/c11-8-4-3-7(2-1-5-15)9(6-8)16-10(12,13)14/h3-6H,1-2H2. The van der Waals surface area contributed by atoms with Crippen LogP contribution >= 0.6 is 15.9 Å². The summed E-state index contributed by atoms with van der Waals surface area (Å²) in [6.45, 7) is 0. The number of rotatable bonds is 4. The molecule has 0 saturated carbocycles. The van der Waals surface area contributed by atoms with E-state index in [1.165, 1.54) is 12.1 Å². The zero-order valence-electron chi connectivity index (χ0n) is 8.05. The second kappa shape index (κ2) is 5.34. The number of alkyl halides is 3. The van der Waals surface area contributed by atoms with Crippen LogP contribution in [0.2, 0.25) is 0 Å². The summed E-state index contributed by atoms with van der Waals surface area (Å²) in [5, 5.41) is 0. The molecule has 1 rings (SSSR count). The highest BCUT2D eigenvalue weighted by molar-refractivity contribution is 9.10. The quantitative estimate of drug-likeness (QED) is 0.795. The number of hydrogen-bond donors (Lipinski definition) is 0. The Morgan fingerprint density at radius 1 is 1.38 bits per heavy atom. The molecule has 88 valence electrons. The molecule has 6 heteroatoms. The predicted octanol–water partition coefficient (Wildman–Crippen LogP) is 3.48. The highest BCUT2D eigenvalue weighted by Gasteiger charge is 2.32. The number of aldehydes is 1. The number of carbonyl (C=O) groups excluding carboxylic acids is 1. The van der Waals surface area contributed by atoms with Crippen LogP contribution in [0.3, 0.4) is 0 Å². The van der Waals surface area contributed by atoms with E-state index in [0.29, 0.717) is 16.3 Å². The summed E-state index contributed by atoms with van der Waals surface area (Å²) in [6.07, 6.45) is -3.69. The molecule has 0 amide bonds. The van der Waals surface area contributed by atoms with Gasteiger partial charge in [-0.05, 0) is 24.1 Å². The molecule has 0 spiro atoms. The first-order valence-corrected chi connectivity index (χ1v) is 5.19. The van der Waals surface area contributed by atoms with Crippen molar-refractivity contribution in [1.82, 2.24) is 0 Å². The van der Waals surface area contributed by atoms with Gasteiger partial charge in [0, 0.05) is 10.9 Å². The van der Waals surface area contributed by atoms with Gasteiger partial charge in [0.1, 0.15) is 12.0 Å². The van der Waals surface area contributed by atoms with Crippen molar-refractivity contribution in [2.75, 3.05) is 0 Å². The van der Waals surface area contributed by atoms with E-state index in [9.17, 15) is 18.0 Å². The van der Waals surface area contributed by atoms with Gasteiger partial charge in [-0.25, -0.2) is 0 Å². The zero-order chi connectivity index (χ0) is 12.2. The van der Waals surface area contributed by atoms with E-state index in [0.717, 1.165) is 0 Å². The van der Waals surface area contributed by atoms with Gasteiger partial charge >= 0.3 is 6.36 Å². The maximum atomic E-state index is 12.1. The van der Waals surface area contributed by atoms with Crippen LogP contribution < -0.4 is 4.74 Å². The first-order valence-electron chi connectivity index (χ1n) is 4.40. The van der Waals surface area contributed by atoms with Crippen LogP contribution in [0.15, 0.2) is 22.7 Å². The van der Waals surface area contributed by atoms with Crippen LogP contribution in [-0.4, -0.2) is 12.6 Å². The molecule has 0 radical (unpaired) electrons. The second-order valence-electron chi connectivity index (χ2n) is 3.01. The van der Waals surface area contributed by atoms with Crippen molar-refractivity contribution < 1.29 is 22.7 Å². The third kappa shape index (κ3) is 4.22. The Labute approximate surface area is 98.5 Å². The molecule has 0 aliphatic heterocycles. The van der Waals surface area contributed by atoms with Crippen molar-refractivity contribution in [2.45, 2.75) is 19.2 Å². The monoisotopic (exact) mass is 296 g/mol. The van der Waals surface area contributed by atoms with E-state index < -0.39 is 6.36 Å². The van der Waals surface area contributed by atoms with Gasteiger partial charge in [-0.15, -0.1) is 13.2 Å². The highest BCUT2D eigenvalue weighted by Crippen LogP contribution is 2.29. The van der Waals surface area contributed by atoms with Crippen LogP contribution in [0.5, 0.6) is 5.75 Å². The molecule has 0 bridgehead atoms. The number of benzene rings is 1. The van der Waals surface area contributed by atoms with Crippen molar-refractivity contribution in [3.8, 4) is 5.75 Å². The average molecular weight is 297 g/mol. The summed E-state index contributed by atoms with van der Waals surface area (Å²) in [6, 6.07) is 4.33. The maximum absolute atomic E-state index is 12.1. The molecule has 0 aliphatic rings. The average Bonchev–Trinajstić information content (AvgIpc) is 2.14. The number of hydrogen-bond acceptors (Lipinski definition) is 2. The van der Waals surface area contributed by atoms with Crippen molar-refractivity contribution in [1.29, 1.82) is 0 Å². The maximum Gasteiger partial charge on any atom is 0.573 e. The molecule has 16 heavy (non-hydrogen) atoms. The summed E-state index contributed by atoms with van der Waals surface area (Å²) in [5.41, 5.74) is 0.354. The van der Waals surface area contributed by atoms with Gasteiger partial charge < -0.3 is 9.53 Å². The lowest BCUT2D eigenvalue weighted by atomic mass is 10.1. The highest BCUT2D eigenvalue weighted by atomic mass is 79.9. The third-order valence-electron chi connectivity index (χ3n) is 1.79. The largest absolute Gasteiger partial charge is 0.573 e. The van der Waals surface area contributed by atoms with E-state index in [4.69, 9.17) is 0 Å². The Kier molecular flexibility index (Phi) is 4.35. The molecular formula is C10H8BrF3O2. The Morgan fingerprint density at radius 2 is 2.06 bits per heavy atom. The topological polar surface area (TPSA) is 26.3 Å². The molecule has 2 nitrogen and oxygen atoms in total. The summed E-state index contributed by atoms with van der Waals surface area (Å²) in [5.74, 6) is -0.274. The van der Waals surface area contributed by atoms with E-state index in [1.807, 2.05) is 0 Å². The minimum Gasteiger partial charge on any atom is -0.405 e. The molecule has 0 heterocycles. The van der Waals surface area contributed by atoms with Crippen molar-refractivity contribution in [3.63, 3.8) is 0 Å². The summed E-state index contributed by atoms with van der Waals surface area (Å²) >= 11 is 3.06. The van der Waals surface area contributed by atoms with Crippen LogP contribution in [0.1, 0.15) is 12.0 Å². The fourth-order valence-electron chi connectivity index (χ4n) is 1.17.